The molecular weight excluding hydrogens is 262 g/mol. The molecule has 0 radical (unpaired) electrons. The molecule has 1 aliphatic rings. The van der Waals surface area contributed by atoms with Crippen LogP contribution >= 0.6 is 0 Å². The predicted molar refractivity (Wildman–Crippen MR) is 76.0 cm³/mol. The second-order valence-corrected chi connectivity index (χ2v) is 6.67. The highest BCUT2D eigenvalue weighted by Crippen LogP contribution is 2.31. The third-order valence-corrected chi connectivity index (χ3v) is 3.99. The van der Waals surface area contributed by atoms with E-state index in [2.05, 4.69) is 13.8 Å². The molecule has 0 unspecified atom stereocenters. The van der Waals surface area contributed by atoms with Crippen LogP contribution in [0.5, 0.6) is 0 Å². The summed E-state index contributed by atoms with van der Waals surface area (Å²) in [6.07, 6.45) is 7.85. The molecule has 0 saturated carbocycles. The maximum atomic E-state index is 11.3. The Morgan fingerprint density at radius 3 is 2.42 bits per heavy atom. The third kappa shape index (κ3) is 2.94. The van der Waals surface area contributed by atoms with Gasteiger partial charge in [0.25, 0.3) is 10.1 Å². The molecule has 0 bridgehead atoms. The summed E-state index contributed by atoms with van der Waals surface area (Å²) in [5.74, 6) is 0. The highest BCUT2D eigenvalue weighted by Gasteiger charge is 2.18. The van der Waals surface area contributed by atoms with Gasteiger partial charge in [-0.05, 0) is 28.8 Å². The molecule has 0 aliphatic heterocycles. The van der Waals surface area contributed by atoms with Crippen LogP contribution in [0.2, 0.25) is 0 Å². The summed E-state index contributed by atoms with van der Waals surface area (Å²) in [5.41, 5.74) is 7.91. The molecule has 5 heteroatoms. The Morgan fingerprint density at radius 1 is 1.21 bits per heavy atom. The fraction of sp³-hybridized carbons (Fsp3) is 0.286. The van der Waals surface area contributed by atoms with Crippen LogP contribution < -0.4 is 5.73 Å². The number of rotatable bonds is 2. The largest absolute Gasteiger partial charge is 0.326 e. The van der Waals surface area contributed by atoms with E-state index in [1.807, 2.05) is 24.3 Å². The van der Waals surface area contributed by atoms with E-state index in [0.717, 1.165) is 11.1 Å². The summed E-state index contributed by atoms with van der Waals surface area (Å²) < 4.78 is 31.7. The zero-order valence-corrected chi connectivity index (χ0v) is 11.7. The average molecular weight is 279 g/mol. The SMILES string of the molecule is CC1(C)C=Cc2cc(S(=O)(=O)O)cc(CN)c2C=C1. The molecule has 1 aliphatic carbocycles. The van der Waals surface area contributed by atoms with Crippen molar-refractivity contribution in [1.29, 1.82) is 0 Å². The zero-order valence-electron chi connectivity index (χ0n) is 10.9. The van der Waals surface area contributed by atoms with Gasteiger partial charge in [-0.3, -0.25) is 4.55 Å². The Hall–Kier alpha value is -1.43. The van der Waals surface area contributed by atoms with Crippen molar-refractivity contribution in [1.82, 2.24) is 0 Å². The normalized spacial score (nSPS) is 17.1. The number of fused-ring (bicyclic) bond motifs is 1. The molecule has 0 atom stereocenters. The molecule has 0 spiro atoms. The Labute approximate surface area is 113 Å². The first-order chi connectivity index (χ1) is 8.73. The van der Waals surface area contributed by atoms with E-state index in [1.165, 1.54) is 12.1 Å². The van der Waals surface area contributed by atoms with Gasteiger partial charge in [0.05, 0.1) is 4.90 Å². The van der Waals surface area contributed by atoms with Crippen LogP contribution in [0.4, 0.5) is 0 Å². The minimum Gasteiger partial charge on any atom is -0.326 e. The Balaban J connectivity index is 2.71. The molecule has 3 N–H and O–H groups in total. The first-order valence-corrected chi connectivity index (χ1v) is 7.40. The van der Waals surface area contributed by atoms with E-state index in [9.17, 15) is 13.0 Å². The molecule has 1 aromatic rings. The van der Waals surface area contributed by atoms with Crippen molar-refractivity contribution in [2.24, 2.45) is 11.1 Å². The van der Waals surface area contributed by atoms with E-state index in [4.69, 9.17) is 5.73 Å². The van der Waals surface area contributed by atoms with Gasteiger partial charge in [0.2, 0.25) is 0 Å². The Kier molecular flexibility index (Phi) is 3.38. The minimum atomic E-state index is -4.22. The summed E-state index contributed by atoms with van der Waals surface area (Å²) >= 11 is 0. The predicted octanol–water partition coefficient (Wildman–Crippen LogP) is 2.46. The van der Waals surface area contributed by atoms with Gasteiger partial charge in [0.15, 0.2) is 0 Å². The smallest absolute Gasteiger partial charge is 0.294 e. The van der Waals surface area contributed by atoms with Gasteiger partial charge in [0.1, 0.15) is 0 Å². The maximum absolute atomic E-state index is 11.3. The van der Waals surface area contributed by atoms with Gasteiger partial charge in [-0.2, -0.15) is 8.42 Å². The first kappa shape index (κ1) is 14.0. The van der Waals surface area contributed by atoms with Gasteiger partial charge < -0.3 is 5.73 Å². The first-order valence-electron chi connectivity index (χ1n) is 5.96. The third-order valence-electron chi connectivity index (χ3n) is 3.16. The number of allylic oxidation sites excluding steroid dienone is 2. The Morgan fingerprint density at radius 2 is 1.84 bits per heavy atom. The molecule has 19 heavy (non-hydrogen) atoms. The van der Waals surface area contributed by atoms with E-state index in [-0.39, 0.29) is 16.9 Å². The lowest BCUT2D eigenvalue weighted by Gasteiger charge is -2.12. The fourth-order valence-corrected chi connectivity index (χ4v) is 2.59. The Bertz CT molecular complexity index is 670. The lowest BCUT2D eigenvalue weighted by Crippen LogP contribution is -2.05. The fourth-order valence-electron chi connectivity index (χ4n) is 2.02. The van der Waals surface area contributed by atoms with Crippen molar-refractivity contribution < 1.29 is 13.0 Å². The number of hydrogen-bond acceptors (Lipinski definition) is 3. The topological polar surface area (TPSA) is 80.4 Å². The van der Waals surface area contributed by atoms with Gasteiger partial charge in [-0.15, -0.1) is 0 Å². The van der Waals surface area contributed by atoms with E-state index >= 15 is 0 Å². The summed E-state index contributed by atoms with van der Waals surface area (Å²) in [6, 6.07) is 2.89. The second kappa shape index (κ2) is 4.59. The molecule has 1 aromatic carbocycles. The molecule has 0 fully saturated rings. The molecule has 2 rings (SSSR count). The molecule has 0 amide bonds. The van der Waals surface area contributed by atoms with Gasteiger partial charge in [-0.1, -0.05) is 38.2 Å². The number of nitrogens with two attached hydrogens (primary N) is 1. The van der Waals surface area contributed by atoms with Crippen molar-refractivity contribution in [3.05, 3.63) is 41.0 Å². The van der Waals surface area contributed by atoms with Crippen LogP contribution in [0, 0.1) is 5.41 Å². The lowest BCUT2D eigenvalue weighted by molar-refractivity contribution is 0.483. The number of hydrogen-bond donors (Lipinski definition) is 2. The van der Waals surface area contributed by atoms with Crippen molar-refractivity contribution in [2.45, 2.75) is 25.3 Å². The van der Waals surface area contributed by atoms with Crippen molar-refractivity contribution >= 4 is 22.3 Å². The summed E-state index contributed by atoms with van der Waals surface area (Å²) in [5, 5.41) is 0. The highest BCUT2D eigenvalue weighted by molar-refractivity contribution is 7.85. The van der Waals surface area contributed by atoms with E-state index in [1.54, 1.807) is 0 Å². The van der Waals surface area contributed by atoms with Crippen LogP contribution in [0.25, 0.3) is 12.2 Å². The zero-order chi connectivity index (χ0) is 14.3. The van der Waals surface area contributed by atoms with Crippen LogP contribution in [0.3, 0.4) is 0 Å². The second-order valence-electron chi connectivity index (χ2n) is 5.25. The van der Waals surface area contributed by atoms with Crippen LogP contribution in [-0.2, 0) is 16.7 Å². The molecule has 0 heterocycles. The quantitative estimate of drug-likeness (QED) is 0.815. The van der Waals surface area contributed by atoms with Crippen LogP contribution in [0.15, 0.2) is 29.2 Å². The molecule has 4 nitrogen and oxygen atoms in total. The summed E-state index contributed by atoms with van der Waals surface area (Å²) in [7, 11) is -4.22. The lowest BCUT2D eigenvalue weighted by atomic mass is 9.93. The minimum absolute atomic E-state index is 0.108. The van der Waals surface area contributed by atoms with Crippen molar-refractivity contribution in [3.8, 4) is 0 Å². The van der Waals surface area contributed by atoms with E-state index in [0.29, 0.717) is 5.56 Å². The molecular formula is C14H17NO3S. The molecule has 0 aromatic heterocycles. The van der Waals surface area contributed by atoms with Crippen LogP contribution in [-0.4, -0.2) is 13.0 Å². The number of benzene rings is 1. The molecule has 0 saturated heterocycles. The van der Waals surface area contributed by atoms with Gasteiger partial charge >= 0.3 is 0 Å². The van der Waals surface area contributed by atoms with Crippen molar-refractivity contribution in [3.63, 3.8) is 0 Å². The molecule has 102 valence electrons. The van der Waals surface area contributed by atoms with E-state index < -0.39 is 10.1 Å². The average Bonchev–Trinajstić information content (AvgIpc) is 2.46. The van der Waals surface area contributed by atoms with Crippen molar-refractivity contribution in [2.75, 3.05) is 0 Å². The maximum Gasteiger partial charge on any atom is 0.294 e. The monoisotopic (exact) mass is 279 g/mol. The standard InChI is InChI=1S/C14H17NO3S/c1-14(2)5-3-10-7-12(19(16,17)18)8-11(9-15)13(10)4-6-14/h3-8H,9,15H2,1-2H3,(H,16,17,18). The van der Waals surface area contributed by atoms with Gasteiger partial charge in [-0.25, -0.2) is 0 Å². The van der Waals surface area contributed by atoms with Crippen LogP contribution in [0.1, 0.15) is 30.5 Å². The summed E-state index contributed by atoms with van der Waals surface area (Å²) in [6.45, 7) is 4.32. The highest BCUT2D eigenvalue weighted by atomic mass is 32.2. The van der Waals surface area contributed by atoms with Gasteiger partial charge in [0, 0.05) is 12.0 Å². The summed E-state index contributed by atoms with van der Waals surface area (Å²) in [4.78, 5) is -0.121.